The van der Waals surface area contributed by atoms with E-state index < -0.39 is 11.6 Å². The van der Waals surface area contributed by atoms with Crippen LogP contribution in [-0.2, 0) is 11.2 Å². The van der Waals surface area contributed by atoms with Crippen molar-refractivity contribution in [3.8, 4) is 22.3 Å². The molecule has 1 nitrogen and oxygen atoms in total. The fourth-order valence-electron chi connectivity index (χ4n) is 5.00. The number of ether oxygens (including phenoxy) is 1. The third kappa shape index (κ3) is 6.10. The molecule has 0 aliphatic carbocycles. The highest BCUT2D eigenvalue weighted by molar-refractivity contribution is 5.71. The third-order valence-corrected chi connectivity index (χ3v) is 7.11. The second-order valence-electron chi connectivity index (χ2n) is 9.71. The topological polar surface area (TPSA) is 9.23 Å². The molecule has 4 rings (SSSR count). The summed E-state index contributed by atoms with van der Waals surface area (Å²) >= 11 is 0. The van der Waals surface area contributed by atoms with Gasteiger partial charge in [-0.1, -0.05) is 86.9 Å². The van der Waals surface area contributed by atoms with Gasteiger partial charge < -0.3 is 4.74 Å². The maximum atomic E-state index is 15.0. The Hall–Kier alpha value is -2.85. The van der Waals surface area contributed by atoms with Gasteiger partial charge >= 0.3 is 0 Å². The fourth-order valence-corrected chi connectivity index (χ4v) is 5.00. The van der Waals surface area contributed by atoms with Gasteiger partial charge in [-0.2, -0.15) is 0 Å². The van der Waals surface area contributed by atoms with Crippen LogP contribution in [0.2, 0.25) is 0 Å². The van der Waals surface area contributed by atoms with Crippen LogP contribution in [0.4, 0.5) is 13.2 Å². The Labute approximate surface area is 213 Å². The largest absolute Gasteiger partial charge is 0.373 e. The number of rotatable bonds is 9. The zero-order valence-corrected chi connectivity index (χ0v) is 21.2. The summed E-state index contributed by atoms with van der Waals surface area (Å²) in [5.74, 6) is -1.45. The van der Waals surface area contributed by atoms with Crippen molar-refractivity contribution in [2.75, 3.05) is 6.61 Å². The van der Waals surface area contributed by atoms with Crippen molar-refractivity contribution in [1.82, 2.24) is 0 Å². The first-order valence-corrected chi connectivity index (χ1v) is 13.1. The SMILES string of the molecule is C/C=C/C1CCC(c2ccc(-c3ccc(-c4ccc(CCCCCC)c(F)c4F)cc3)cc2F)OC1. The molecule has 0 bridgehead atoms. The molecule has 190 valence electrons. The Balaban J connectivity index is 1.46. The molecule has 1 fully saturated rings. The Bertz CT molecular complexity index is 1170. The molecule has 1 saturated heterocycles. The van der Waals surface area contributed by atoms with Crippen LogP contribution in [0.15, 0.2) is 66.7 Å². The van der Waals surface area contributed by atoms with Crippen molar-refractivity contribution in [3.63, 3.8) is 0 Å². The molecule has 3 aromatic rings. The van der Waals surface area contributed by atoms with Crippen LogP contribution in [0, 0.1) is 23.4 Å². The van der Waals surface area contributed by atoms with E-state index in [-0.39, 0.29) is 17.5 Å². The first-order valence-electron chi connectivity index (χ1n) is 13.1. The van der Waals surface area contributed by atoms with Crippen LogP contribution in [0.1, 0.15) is 69.6 Å². The van der Waals surface area contributed by atoms with Crippen LogP contribution in [0.3, 0.4) is 0 Å². The van der Waals surface area contributed by atoms with Crippen molar-refractivity contribution in [2.24, 2.45) is 5.92 Å². The predicted octanol–water partition coefficient (Wildman–Crippen LogP) is 9.60. The molecule has 0 saturated carbocycles. The van der Waals surface area contributed by atoms with Gasteiger partial charge in [0.15, 0.2) is 11.6 Å². The van der Waals surface area contributed by atoms with E-state index in [9.17, 15) is 13.2 Å². The van der Waals surface area contributed by atoms with Crippen molar-refractivity contribution in [2.45, 2.75) is 64.9 Å². The quantitative estimate of drug-likeness (QED) is 0.213. The maximum Gasteiger partial charge on any atom is 0.166 e. The average molecular weight is 493 g/mol. The van der Waals surface area contributed by atoms with Crippen molar-refractivity contribution >= 4 is 0 Å². The first-order chi connectivity index (χ1) is 17.5. The molecule has 36 heavy (non-hydrogen) atoms. The van der Waals surface area contributed by atoms with E-state index in [1.165, 1.54) is 6.07 Å². The maximum absolute atomic E-state index is 15.0. The standard InChI is InChI=1S/C32H35F3O/c1-3-5-6-7-9-25-15-17-27(32(35)31(25)34)24-13-11-23(12-14-24)26-16-18-28(29(33)20-26)30-19-10-22(8-4-2)21-36-30/h4,8,11-18,20,22,30H,3,5-7,9-10,19,21H2,1-2H3/b8-4+. The van der Waals surface area contributed by atoms with E-state index in [1.54, 1.807) is 30.3 Å². The summed E-state index contributed by atoms with van der Waals surface area (Å²) in [6.45, 7) is 4.73. The molecule has 4 heteroatoms. The van der Waals surface area contributed by atoms with E-state index in [0.29, 0.717) is 35.6 Å². The van der Waals surface area contributed by atoms with Gasteiger partial charge in [0, 0.05) is 17.0 Å². The second-order valence-corrected chi connectivity index (χ2v) is 9.71. The summed E-state index contributed by atoms with van der Waals surface area (Å²) in [6, 6.07) is 15.7. The fraction of sp³-hybridized carbons (Fsp3) is 0.375. The van der Waals surface area contributed by atoms with Gasteiger partial charge in [0.2, 0.25) is 0 Å². The van der Waals surface area contributed by atoms with Crippen LogP contribution < -0.4 is 0 Å². The highest BCUT2D eigenvalue weighted by Gasteiger charge is 2.24. The average Bonchev–Trinajstić information content (AvgIpc) is 2.90. The number of allylic oxidation sites excluding steroid dienone is 1. The minimum absolute atomic E-state index is 0.226. The lowest BCUT2D eigenvalue weighted by atomic mass is 9.92. The molecule has 0 radical (unpaired) electrons. The molecule has 3 aromatic carbocycles. The van der Waals surface area contributed by atoms with Crippen molar-refractivity contribution in [1.29, 1.82) is 0 Å². The second kappa shape index (κ2) is 12.4. The number of hydrogen-bond donors (Lipinski definition) is 0. The normalized spacial score (nSPS) is 18.1. The number of hydrogen-bond acceptors (Lipinski definition) is 1. The first kappa shape index (κ1) is 26.2. The van der Waals surface area contributed by atoms with E-state index >= 15 is 0 Å². The molecule has 0 spiro atoms. The van der Waals surface area contributed by atoms with Crippen LogP contribution >= 0.6 is 0 Å². The van der Waals surface area contributed by atoms with Gasteiger partial charge in [0.05, 0.1) is 12.7 Å². The predicted molar refractivity (Wildman–Crippen MR) is 141 cm³/mol. The lowest BCUT2D eigenvalue weighted by molar-refractivity contribution is -0.00711. The summed E-state index contributed by atoms with van der Waals surface area (Å²) in [5, 5.41) is 0. The summed E-state index contributed by atoms with van der Waals surface area (Å²) in [7, 11) is 0. The molecule has 0 N–H and O–H groups in total. The smallest absolute Gasteiger partial charge is 0.166 e. The third-order valence-electron chi connectivity index (χ3n) is 7.11. The molecule has 1 aliphatic heterocycles. The van der Waals surface area contributed by atoms with Crippen LogP contribution in [0.5, 0.6) is 0 Å². The van der Waals surface area contributed by atoms with Crippen molar-refractivity contribution in [3.05, 3.63) is 95.3 Å². The van der Waals surface area contributed by atoms with E-state index in [1.807, 2.05) is 31.2 Å². The van der Waals surface area contributed by atoms with Crippen LogP contribution in [-0.4, -0.2) is 6.61 Å². The summed E-state index contributed by atoms with van der Waals surface area (Å²) in [5.41, 5.74) is 3.40. The molecule has 1 aliphatic rings. The molecule has 2 atom stereocenters. The highest BCUT2D eigenvalue weighted by atomic mass is 19.2. The Morgan fingerprint density at radius 3 is 2.25 bits per heavy atom. The van der Waals surface area contributed by atoms with E-state index in [0.717, 1.165) is 49.7 Å². The van der Waals surface area contributed by atoms with Gasteiger partial charge in [0.1, 0.15) is 5.82 Å². The molecular weight excluding hydrogens is 457 g/mol. The van der Waals surface area contributed by atoms with Crippen LogP contribution in [0.25, 0.3) is 22.3 Å². The zero-order valence-electron chi connectivity index (χ0n) is 21.2. The lowest BCUT2D eigenvalue weighted by Gasteiger charge is -2.28. The minimum Gasteiger partial charge on any atom is -0.373 e. The number of unbranched alkanes of at least 4 members (excludes halogenated alkanes) is 3. The van der Waals surface area contributed by atoms with Gasteiger partial charge in [-0.15, -0.1) is 0 Å². The minimum atomic E-state index is -0.810. The molecular formula is C32H35F3O. The molecule has 1 heterocycles. The Morgan fingerprint density at radius 1 is 0.833 bits per heavy atom. The van der Waals surface area contributed by atoms with E-state index in [2.05, 4.69) is 13.0 Å². The molecule has 0 aromatic heterocycles. The number of benzene rings is 3. The number of halogens is 3. The van der Waals surface area contributed by atoms with Gasteiger partial charge in [-0.25, -0.2) is 13.2 Å². The zero-order chi connectivity index (χ0) is 25.5. The number of aryl methyl sites for hydroxylation is 1. The molecule has 2 unspecified atom stereocenters. The van der Waals surface area contributed by atoms with Gasteiger partial charge in [0.25, 0.3) is 0 Å². The Kier molecular flexibility index (Phi) is 9.03. The van der Waals surface area contributed by atoms with Gasteiger partial charge in [-0.3, -0.25) is 0 Å². The van der Waals surface area contributed by atoms with E-state index in [4.69, 9.17) is 4.74 Å². The molecule has 0 amide bonds. The van der Waals surface area contributed by atoms with Gasteiger partial charge in [-0.05, 0) is 60.9 Å². The summed E-state index contributed by atoms with van der Waals surface area (Å²) < 4.78 is 50.4. The summed E-state index contributed by atoms with van der Waals surface area (Å²) in [4.78, 5) is 0. The lowest BCUT2D eigenvalue weighted by Crippen LogP contribution is -2.20. The monoisotopic (exact) mass is 492 g/mol. The highest BCUT2D eigenvalue weighted by Crippen LogP contribution is 2.35. The summed E-state index contributed by atoms with van der Waals surface area (Å²) in [6.07, 6.45) is 10.4. The Morgan fingerprint density at radius 2 is 1.58 bits per heavy atom. The van der Waals surface area contributed by atoms with Crippen molar-refractivity contribution < 1.29 is 17.9 Å².